The van der Waals surface area contributed by atoms with Crippen LogP contribution in [0.4, 0.5) is 0 Å². The van der Waals surface area contributed by atoms with Crippen LogP contribution in [0.1, 0.15) is 12.8 Å². The van der Waals surface area contributed by atoms with Crippen LogP contribution in [0.25, 0.3) is 0 Å². The van der Waals surface area contributed by atoms with Gasteiger partial charge in [0.1, 0.15) is 6.04 Å². The predicted molar refractivity (Wildman–Crippen MR) is 64.5 cm³/mol. The second kappa shape index (κ2) is 4.42. The summed E-state index contributed by atoms with van der Waals surface area (Å²) < 4.78 is 5.56. The highest BCUT2D eigenvalue weighted by molar-refractivity contribution is 5.84. The van der Waals surface area contributed by atoms with Crippen LogP contribution in [-0.4, -0.2) is 49.7 Å². The normalized spacial score (nSPS) is 39.9. The van der Waals surface area contributed by atoms with Gasteiger partial charge in [0.05, 0.1) is 6.10 Å². The first-order valence-corrected chi connectivity index (χ1v) is 6.51. The first-order chi connectivity index (χ1) is 8.29. The summed E-state index contributed by atoms with van der Waals surface area (Å²) in [5.74, 6) is 1.34. The molecule has 2 heterocycles. The molecule has 0 aromatic rings. The lowest BCUT2D eigenvalue weighted by atomic mass is 9.94. The van der Waals surface area contributed by atoms with Gasteiger partial charge in [-0.1, -0.05) is 12.2 Å². The van der Waals surface area contributed by atoms with E-state index in [1.165, 1.54) is 12.8 Å². The zero-order chi connectivity index (χ0) is 11.8. The van der Waals surface area contributed by atoms with Crippen molar-refractivity contribution in [3.8, 4) is 0 Å². The van der Waals surface area contributed by atoms with Crippen molar-refractivity contribution >= 4 is 5.91 Å². The summed E-state index contributed by atoms with van der Waals surface area (Å²) in [6.45, 7) is 2.57. The Kier molecular flexibility index (Phi) is 2.92. The molecule has 1 amide bonds. The lowest BCUT2D eigenvalue weighted by molar-refractivity contribution is -0.137. The zero-order valence-corrected chi connectivity index (χ0v) is 10.3. The van der Waals surface area contributed by atoms with Gasteiger partial charge in [0.15, 0.2) is 0 Å². The van der Waals surface area contributed by atoms with E-state index in [1.807, 2.05) is 17.1 Å². The fraction of sp³-hybridized carbons (Fsp3) is 0.769. The summed E-state index contributed by atoms with van der Waals surface area (Å²) in [5, 5.41) is 3.20. The van der Waals surface area contributed by atoms with Gasteiger partial charge in [0.2, 0.25) is 5.91 Å². The minimum atomic E-state index is -0.0894. The van der Waals surface area contributed by atoms with E-state index in [0.717, 1.165) is 19.6 Å². The van der Waals surface area contributed by atoms with Crippen LogP contribution in [0.5, 0.6) is 0 Å². The molecule has 0 aromatic heterocycles. The van der Waals surface area contributed by atoms with E-state index in [1.54, 1.807) is 7.11 Å². The van der Waals surface area contributed by atoms with Crippen LogP contribution < -0.4 is 5.32 Å². The Balaban J connectivity index is 1.67. The summed E-state index contributed by atoms with van der Waals surface area (Å²) in [6.07, 6.45) is 6.80. The minimum absolute atomic E-state index is 0.0894. The number of rotatable bonds is 2. The molecule has 17 heavy (non-hydrogen) atoms. The predicted octanol–water partition coefficient (Wildman–Crippen LogP) is 0.398. The number of nitrogens with zero attached hydrogens (tertiary/aromatic N) is 1. The molecule has 2 fully saturated rings. The van der Waals surface area contributed by atoms with E-state index in [-0.39, 0.29) is 11.9 Å². The van der Waals surface area contributed by atoms with Crippen LogP contribution in [0.15, 0.2) is 12.2 Å². The molecular formula is C13H20N2O2. The molecule has 3 aliphatic rings. The number of amides is 1. The van der Waals surface area contributed by atoms with Gasteiger partial charge >= 0.3 is 0 Å². The van der Waals surface area contributed by atoms with Crippen LogP contribution in [-0.2, 0) is 9.53 Å². The molecule has 1 N–H and O–H groups in total. The third-order valence-corrected chi connectivity index (χ3v) is 4.38. The van der Waals surface area contributed by atoms with Gasteiger partial charge in [-0.05, 0) is 12.8 Å². The van der Waals surface area contributed by atoms with Crippen molar-refractivity contribution in [2.45, 2.75) is 25.0 Å². The maximum absolute atomic E-state index is 12.3. The minimum Gasteiger partial charge on any atom is -0.381 e. The molecular weight excluding hydrogens is 216 g/mol. The molecule has 1 saturated heterocycles. The highest BCUT2D eigenvalue weighted by Gasteiger charge is 2.44. The number of ether oxygens (including phenoxy) is 1. The van der Waals surface area contributed by atoms with Gasteiger partial charge in [0.25, 0.3) is 0 Å². The average Bonchev–Trinajstić information content (AvgIpc) is 2.94. The van der Waals surface area contributed by atoms with Crippen LogP contribution in [0.3, 0.4) is 0 Å². The molecule has 94 valence electrons. The van der Waals surface area contributed by atoms with E-state index in [0.29, 0.717) is 17.9 Å². The second-order valence-electron chi connectivity index (χ2n) is 5.36. The SMILES string of the molecule is COC1C2CCC1CN(C(=O)C1C=CCN1)C2. The third kappa shape index (κ3) is 1.89. The Morgan fingerprint density at radius 3 is 2.59 bits per heavy atom. The van der Waals surface area contributed by atoms with Crippen LogP contribution >= 0.6 is 0 Å². The molecule has 0 spiro atoms. The molecule has 2 bridgehead atoms. The molecule has 0 radical (unpaired) electrons. The molecule has 1 saturated carbocycles. The van der Waals surface area contributed by atoms with Gasteiger partial charge in [-0.2, -0.15) is 0 Å². The topological polar surface area (TPSA) is 41.6 Å². The van der Waals surface area contributed by atoms with E-state index < -0.39 is 0 Å². The number of nitrogens with one attached hydrogen (secondary N) is 1. The lowest BCUT2D eigenvalue weighted by Gasteiger charge is -2.38. The van der Waals surface area contributed by atoms with Crippen LogP contribution in [0, 0.1) is 11.8 Å². The van der Waals surface area contributed by atoms with Crippen molar-refractivity contribution in [2.75, 3.05) is 26.7 Å². The van der Waals surface area contributed by atoms with E-state index >= 15 is 0 Å². The number of methoxy groups -OCH3 is 1. The molecule has 3 rings (SSSR count). The average molecular weight is 236 g/mol. The Bertz CT molecular complexity index is 328. The fourth-order valence-electron chi connectivity index (χ4n) is 3.57. The molecule has 1 aliphatic carbocycles. The summed E-state index contributed by atoms with van der Waals surface area (Å²) in [6, 6.07) is -0.0894. The smallest absolute Gasteiger partial charge is 0.243 e. The molecule has 2 aliphatic heterocycles. The van der Waals surface area contributed by atoms with Gasteiger partial charge in [-0.15, -0.1) is 0 Å². The van der Waals surface area contributed by atoms with Gasteiger partial charge in [0, 0.05) is 38.6 Å². The van der Waals surface area contributed by atoms with Crippen molar-refractivity contribution in [1.29, 1.82) is 0 Å². The van der Waals surface area contributed by atoms with E-state index in [9.17, 15) is 4.79 Å². The second-order valence-corrected chi connectivity index (χ2v) is 5.36. The van der Waals surface area contributed by atoms with Gasteiger partial charge in [-0.25, -0.2) is 0 Å². The number of carbonyl (C=O) groups excluding carboxylic acids is 1. The highest BCUT2D eigenvalue weighted by atomic mass is 16.5. The first kappa shape index (κ1) is 11.2. The maximum atomic E-state index is 12.3. The van der Waals surface area contributed by atoms with Crippen molar-refractivity contribution in [1.82, 2.24) is 10.2 Å². The molecule has 4 heteroatoms. The lowest BCUT2D eigenvalue weighted by Crippen LogP contribution is -2.52. The number of piperidine rings is 1. The third-order valence-electron chi connectivity index (χ3n) is 4.38. The number of hydrogen-bond acceptors (Lipinski definition) is 3. The van der Waals surface area contributed by atoms with Crippen LogP contribution in [0.2, 0.25) is 0 Å². The van der Waals surface area contributed by atoms with Gasteiger partial charge < -0.3 is 9.64 Å². The quantitative estimate of drug-likeness (QED) is 0.706. The molecule has 3 atom stereocenters. The Hall–Kier alpha value is -0.870. The summed E-state index contributed by atoms with van der Waals surface area (Å²) in [4.78, 5) is 14.3. The standard InChI is InChI=1S/C13H20N2O2/c1-17-12-9-4-5-10(12)8-15(7-9)13(16)11-3-2-6-14-11/h2-3,9-12,14H,4-8H2,1H3. The highest BCUT2D eigenvalue weighted by Crippen LogP contribution is 2.38. The summed E-state index contributed by atoms with van der Waals surface area (Å²) in [7, 11) is 1.80. The Morgan fingerprint density at radius 1 is 1.35 bits per heavy atom. The maximum Gasteiger partial charge on any atom is 0.243 e. The van der Waals surface area contributed by atoms with E-state index in [2.05, 4.69) is 5.32 Å². The number of hydrogen-bond donors (Lipinski definition) is 1. The van der Waals surface area contributed by atoms with Crippen molar-refractivity contribution < 1.29 is 9.53 Å². The van der Waals surface area contributed by atoms with E-state index in [4.69, 9.17) is 4.74 Å². The monoisotopic (exact) mass is 236 g/mol. The number of carbonyl (C=O) groups is 1. The Morgan fingerprint density at radius 2 is 2.06 bits per heavy atom. The summed E-state index contributed by atoms with van der Waals surface area (Å²) >= 11 is 0. The van der Waals surface area contributed by atoms with Crippen molar-refractivity contribution in [3.05, 3.63) is 12.2 Å². The van der Waals surface area contributed by atoms with Gasteiger partial charge in [-0.3, -0.25) is 10.1 Å². The molecule has 4 nitrogen and oxygen atoms in total. The Labute approximate surface area is 102 Å². The largest absolute Gasteiger partial charge is 0.381 e. The molecule has 0 aromatic carbocycles. The zero-order valence-electron chi connectivity index (χ0n) is 10.3. The summed E-state index contributed by atoms with van der Waals surface area (Å²) in [5.41, 5.74) is 0. The number of likely N-dealkylation sites (tertiary alicyclic amines) is 1. The van der Waals surface area contributed by atoms with Crippen molar-refractivity contribution in [2.24, 2.45) is 11.8 Å². The molecule has 3 unspecified atom stereocenters. The fourth-order valence-corrected chi connectivity index (χ4v) is 3.57. The van der Waals surface area contributed by atoms with Crippen molar-refractivity contribution in [3.63, 3.8) is 0 Å². The first-order valence-electron chi connectivity index (χ1n) is 6.51. The number of fused-ring (bicyclic) bond motifs is 2.